The van der Waals surface area contributed by atoms with Gasteiger partial charge < -0.3 is 14.5 Å². The molecule has 0 saturated heterocycles. The maximum absolute atomic E-state index is 12.4. The summed E-state index contributed by atoms with van der Waals surface area (Å²) in [5.74, 6) is 0.840. The zero-order chi connectivity index (χ0) is 15.6. The predicted octanol–water partition coefficient (Wildman–Crippen LogP) is 2.52. The number of fused-ring (bicyclic) bond motifs is 2. The van der Waals surface area contributed by atoms with E-state index in [0.717, 1.165) is 29.1 Å². The van der Waals surface area contributed by atoms with Crippen molar-refractivity contribution in [2.75, 3.05) is 6.61 Å². The number of ether oxygens (including phenoxy) is 1. The van der Waals surface area contributed by atoms with Crippen molar-refractivity contribution in [3.63, 3.8) is 0 Å². The number of pyridine rings is 1. The highest BCUT2D eigenvalue weighted by molar-refractivity contribution is 5.79. The zero-order valence-corrected chi connectivity index (χ0v) is 12.6. The van der Waals surface area contributed by atoms with Crippen LogP contribution in [0.2, 0.25) is 0 Å². The van der Waals surface area contributed by atoms with Crippen molar-refractivity contribution in [3.05, 3.63) is 66.1 Å². The summed E-state index contributed by atoms with van der Waals surface area (Å²) in [6.07, 6.45) is 4.89. The van der Waals surface area contributed by atoms with E-state index in [4.69, 9.17) is 4.74 Å². The number of para-hydroxylation sites is 1. The number of carbonyl (C=O) groups is 1. The van der Waals surface area contributed by atoms with E-state index in [1.54, 1.807) is 0 Å². The molecule has 23 heavy (non-hydrogen) atoms. The first kappa shape index (κ1) is 13.8. The molecule has 3 heterocycles. The molecule has 5 nitrogen and oxygen atoms in total. The van der Waals surface area contributed by atoms with Gasteiger partial charge in [0.2, 0.25) is 5.91 Å². The topological polar surface area (TPSA) is 55.6 Å². The monoisotopic (exact) mass is 307 g/mol. The first-order valence-electron chi connectivity index (χ1n) is 7.73. The average Bonchev–Trinajstić information content (AvgIpc) is 2.97. The first-order chi connectivity index (χ1) is 11.3. The largest absolute Gasteiger partial charge is 0.493 e. The fraction of sp³-hybridized carbons (Fsp3) is 0.222. The summed E-state index contributed by atoms with van der Waals surface area (Å²) in [7, 11) is 0. The smallest absolute Gasteiger partial charge is 0.226 e. The van der Waals surface area contributed by atoms with Crippen LogP contribution in [0.3, 0.4) is 0 Å². The minimum absolute atomic E-state index is 0.00415. The molecule has 0 aliphatic carbocycles. The third-order valence-corrected chi connectivity index (χ3v) is 4.05. The van der Waals surface area contributed by atoms with Crippen molar-refractivity contribution in [1.29, 1.82) is 0 Å². The SMILES string of the molecule is O=C(Cc1cn2ccccc2n1)N[C@H]1CCOc2ccccc21. The fourth-order valence-electron chi connectivity index (χ4n) is 2.97. The Morgan fingerprint density at radius 3 is 3.04 bits per heavy atom. The van der Waals surface area contributed by atoms with Crippen molar-refractivity contribution in [2.24, 2.45) is 0 Å². The third-order valence-electron chi connectivity index (χ3n) is 4.05. The predicted molar refractivity (Wildman–Crippen MR) is 86.3 cm³/mol. The Kier molecular flexibility index (Phi) is 3.46. The van der Waals surface area contributed by atoms with Crippen LogP contribution in [0.1, 0.15) is 23.7 Å². The molecule has 1 atom stereocenters. The molecule has 2 aromatic heterocycles. The Balaban J connectivity index is 1.48. The van der Waals surface area contributed by atoms with Crippen LogP contribution in [0.25, 0.3) is 5.65 Å². The molecule has 1 aliphatic heterocycles. The minimum Gasteiger partial charge on any atom is -0.493 e. The lowest BCUT2D eigenvalue weighted by Crippen LogP contribution is -2.33. The number of hydrogen-bond acceptors (Lipinski definition) is 3. The Labute approximate surface area is 133 Å². The average molecular weight is 307 g/mol. The van der Waals surface area contributed by atoms with Crippen LogP contribution >= 0.6 is 0 Å². The lowest BCUT2D eigenvalue weighted by Gasteiger charge is -2.26. The van der Waals surface area contributed by atoms with E-state index in [1.807, 2.05) is 59.3 Å². The molecule has 3 aromatic rings. The number of hydrogen-bond donors (Lipinski definition) is 1. The van der Waals surface area contributed by atoms with E-state index in [9.17, 15) is 4.79 Å². The van der Waals surface area contributed by atoms with E-state index < -0.39 is 0 Å². The number of benzene rings is 1. The number of nitrogens with one attached hydrogen (secondary N) is 1. The van der Waals surface area contributed by atoms with Crippen molar-refractivity contribution in [1.82, 2.24) is 14.7 Å². The number of nitrogens with zero attached hydrogens (tertiary/aromatic N) is 2. The number of aromatic nitrogens is 2. The van der Waals surface area contributed by atoms with Crippen molar-refractivity contribution >= 4 is 11.6 Å². The summed E-state index contributed by atoms with van der Waals surface area (Å²) in [6, 6.07) is 13.7. The molecule has 5 heteroatoms. The van der Waals surface area contributed by atoms with Gasteiger partial charge >= 0.3 is 0 Å². The van der Waals surface area contributed by atoms with E-state index in [-0.39, 0.29) is 18.4 Å². The van der Waals surface area contributed by atoms with Gasteiger partial charge in [-0.3, -0.25) is 4.79 Å². The van der Waals surface area contributed by atoms with Gasteiger partial charge in [0.05, 0.1) is 24.8 Å². The summed E-state index contributed by atoms with van der Waals surface area (Å²) in [6.45, 7) is 0.621. The summed E-state index contributed by atoms with van der Waals surface area (Å²) in [5.41, 5.74) is 2.67. The molecule has 0 radical (unpaired) electrons. The standard InChI is InChI=1S/C18H17N3O2/c22-18(11-13-12-21-9-4-3-7-17(21)19-13)20-15-8-10-23-16-6-2-1-5-14(15)16/h1-7,9,12,15H,8,10-11H2,(H,20,22)/t15-/m0/s1. The van der Waals surface area contributed by atoms with Crippen LogP contribution in [-0.2, 0) is 11.2 Å². The van der Waals surface area contributed by atoms with Gasteiger partial charge in [0.15, 0.2) is 0 Å². The van der Waals surface area contributed by atoms with Gasteiger partial charge in [-0.05, 0) is 18.2 Å². The molecule has 4 rings (SSSR count). The highest BCUT2D eigenvalue weighted by Gasteiger charge is 2.22. The second-order valence-corrected chi connectivity index (χ2v) is 5.67. The Bertz CT molecular complexity index is 823. The number of carbonyl (C=O) groups excluding carboxylic acids is 1. The van der Waals surface area contributed by atoms with E-state index in [1.165, 1.54) is 0 Å². The Morgan fingerprint density at radius 1 is 1.26 bits per heavy atom. The molecule has 0 fully saturated rings. The van der Waals surface area contributed by atoms with Gasteiger partial charge in [0.1, 0.15) is 11.4 Å². The Morgan fingerprint density at radius 2 is 2.13 bits per heavy atom. The summed E-state index contributed by atoms with van der Waals surface area (Å²) in [5, 5.41) is 3.10. The molecular weight excluding hydrogens is 290 g/mol. The van der Waals surface area contributed by atoms with Gasteiger partial charge in [-0.2, -0.15) is 0 Å². The molecular formula is C18H17N3O2. The third kappa shape index (κ3) is 2.77. The second kappa shape index (κ2) is 5.76. The van der Waals surface area contributed by atoms with Gasteiger partial charge in [0.25, 0.3) is 0 Å². The van der Waals surface area contributed by atoms with Gasteiger partial charge in [-0.15, -0.1) is 0 Å². The quantitative estimate of drug-likeness (QED) is 0.809. The molecule has 0 unspecified atom stereocenters. The highest BCUT2D eigenvalue weighted by Crippen LogP contribution is 2.31. The van der Waals surface area contributed by atoms with Crippen molar-refractivity contribution < 1.29 is 9.53 Å². The highest BCUT2D eigenvalue weighted by atomic mass is 16.5. The van der Waals surface area contributed by atoms with Crippen molar-refractivity contribution in [2.45, 2.75) is 18.9 Å². The first-order valence-corrected chi connectivity index (χ1v) is 7.73. The molecule has 0 bridgehead atoms. The summed E-state index contributed by atoms with van der Waals surface area (Å²) in [4.78, 5) is 16.8. The van der Waals surface area contributed by atoms with E-state index in [2.05, 4.69) is 10.3 Å². The van der Waals surface area contributed by atoms with Crippen LogP contribution in [-0.4, -0.2) is 21.9 Å². The minimum atomic E-state index is -0.0184. The van der Waals surface area contributed by atoms with Crippen LogP contribution in [0.4, 0.5) is 0 Å². The summed E-state index contributed by atoms with van der Waals surface area (Å²) >= 11 is 0. The van der Waals surface area contributed by atoms with E-state index in [0.29, 0.717) is 6.61 Å². The molecule has 1 amide bonds. The lowest BCUT2D eigenvalue weighted by atomic mass is 10.0. The molecule has 1 aliphatic rings. The van der Waals surface area contributed by atoms with Crippen LogP contribution < -0.4 is 10.1 Å². The van der Waals surface area contributed by atoms with Crippen LogP contribution in [0.5, 0.6) is 5.75 Å². The molecule has 0 spiro atoms. The van der Waals surface area contributed by atoms with Crippen molar-refractivity contribution in [3.8, 4) is 5.75 Å². The number of imidazole rings is 1. The van der Waals surface area contributed by atoms with Gasteiger partial charge in [-0.1, -0.05) is 24.3 Å². The normalized spacial score (nSPS) is 16.6. The molecule has 0 saturated carbocycles. The van der Waals surface area contributed by atoms with Crippen LogP contribution in [0.15, 0.2) is 54.9 Å². The van der Waals surface area contributed by atoms with Gasteiger partial charge in [-0.25, -0.2) is 4.98 Å². The maximum atomic E-state index is 12.4. The number of amides is 1. The molecule has 116 valence electrons. The maximum Gasteiger partial charge on any atom is 0.226 e. The molecule has 1 N–H and O–H groups in total. The molecule has 1 aromatic carbocycles. The second-order valence-electron chi connectivity index (χ2n) is 5.67. The fourth-order valence-corrected chi connectivity index (χ4v) is 2.97. The van der Waals surface area contributed by atoms with E-state index >= 15 is 0 Å². The Hall–Kier alpha value is -2.82. The number of rotatable bonds is 3. The zero-order valence-electron chi connectivity index (χ0n) is 12.6. The summed E-state index contributed by atoms with van der Waals surface area (Å²) < 4.78 is 7.55. The van der Waals surface area contributed by atoms with Crippen LogP contribution in [0, 0.1) is 0 Å². The lowest BCUT2D eigenvalue weighted by molar-refractivity contribution is -0.121. The van der Waals surface area contributed by atoms with Gasteiger partial charge in [0, 0.05) is 24.4 Å².